The normalized spacial score (nSPS) is 17.1. The number of hydrogen-bond acceptors (Lipinski definition) is 2. The summed E-state index contributed by atoms with van der Waals surface area (Å²) in [5.74, 6) is 0. The maximum atomic E-state index is 11.6. The molecule has 1 N–H and O–H groups in total. The molecule has 0 spiro atoms. The molecule has 0 aliphatic carbocycles. The van der Waals surface area contributed by atoms with E-state index in [-0.39, 0.29) is 11.6 Å². The second-order valence-corrected chi connectivity index (χ2v) is 5.48. The van der Waals surface area contributed by atoms with Gasteiger partial charge in [0.25, 0.3) is 0 Å². The summed E-state index contributed by atoms with van der Waals surface area (Å²) >= 11 is 0. The molecule has 4 nitrogen and oxygen atoms in total. The van der Waals surface area contributed by atoms with Crippen LogP contribution in [0.1, 0.15) is 20.8 Å². The summed E-state index contributed by atoms with van der Waals surface area (Å²) in [6, 6.07) is 0.108. The number of nitrogens with zero attached hydrogens (tertiary/aromatic N) is 2. The molecule has 1 fully saturated rings. The van der Waals surface area contributed by atoms with E-state index >= 15 is 0 Å². The first-order chi connectivity index (χ1) is 7.29. The molecule has 0 aromatic carbocycles. The molecule has 0 radical (unpaired) electrons. The van der Waals surface area contributed by atoms with Gasteiger partial charge >= 0.3 is 6.03 Å². The summed E-state index contributed by atoms with van der Waals surface area (Å²) in [5, 5.41) is 3.37. The zero-order valence-corrected chi connectivity index (χ0v) is 10.8. The van der Waals surface area contributed by atoms with Crippen molar-refractivity contribution in [3.8, 4) is 0 Å². The van der Waals surface area contributed by atoms with Crippen molar-refractivity contribution in [1.82, 2.24) is 15.1 Å². The molecule has 92 valence electrons. The van der Waals surface area contributed by atoms with Gasteiger partial charge in [-0.1, -0.05) is 6.58 Å². The standard InChI is InChI=1S/C12H23N3O/c1-10(8-13-12(2,3)4)9-15-7-6-14(5)11(15)16/h13H,1,6-9H2,2-5H3. The average molecular weight is 225 g/mol. The third-order valence-corrected chi connectivity index (χ3v) is 2.59. The van der Waals surface area contributed by atoms with Crippen LogP contribution < -0.4 is 5.32 Å². The topological polar surface area (TPSA) is 35.6 Å². The highest BCUT2D eigenvalue weighted by molar-refractivity contribution is 5.76. The van der Waals surface area contributed by atoms with Crippen LogP contribution in [0.15, 0.2) is 12.2 Å². The Morgan fingerprint density at radius 3 is 2.50 bits per heavy atom. The van der Waals surface area contributed by atoms with Crippen LogP contribution >= 0.6 is 0 Å². The van der Waals surface area contributed by atoms with Crippen LogP contribution in [0.3, 0.4) is 0 Å². The van der Waals surface area contributed by atoms with E-state index in [9.17, 15) is 4.79 Å². The zero-order valence-electron chi connectivity index (χ0n) is 10.8. The molecule has 0 bridgehead atoms. The molecular weight excluding hydrogens is 202 g/mol. The quantitative estimate of drug-likeness (QED) is 0.732. The number of rotatable bonds is 4. The maximum Gasteiger partial charge on any atom is 0.320 e. The van der Waals surface area contributed by atoms with E-state index in [4.69, 9.17) is 0 Å². The minimum atomic E-state index is 0.0920. The Morgan fingerprint density at radius 2 is 2.06 bits per heavy atom. The van der Waals surface area contributed by atoms with Gasteiger partial charge in [0, 0.05) is 38.8 Å². The second kappa shape index (κ2) is 4.87. The first-order valence-electron chi connectivity index (χ1n) is 5.71. The van der Waals surface area contributed by atoms with E-state index in [2.05, 4.69) is 32.7 Å². The fraction of sp³-hybridized carbons (Fsp3) is 0.750. The second-order valence-electron chi connectivity index (χ2n) is 5.48. The van der Waals surface area contributed by atoms with Crippen molar-refractivity contribution in [2.24, 2.45) is 0 Å². The van der Waals surface area contributed by atoms with Gasteiger partial charge in [0.2, 0.25) is 0 Å². The van der Waals surface area contributed by atoms with Crippen LogP contribution in [0, 0.1) is 0 Å². The van der Waals surface area contributed by atoms with Crippen molar-refractivity contribution in [2.45, 2.75) is 26.3 Å². The van der Waals surface area contributed by atoms with Gasteiger partial charge in [0.15, 0.2) is 0 Å². The molecule has 1 rings (SSSR count). The monoisotopic (exact) mass is 225 g/mol. The van der Waals surface area contributed by atoms with Crippen molar-refractivity contribution < 1.29 is 4.79 Å². The number of hydrogen-bond donors (Lipinski definition) is 1. The van der Waals surface area contributed by atoms with Crippen molar-refractivity contribution in [3.05, 3.63) is 12.2 Å². The summed E-state index contributed by atoms with van der Waals surface area (Å²) < 4.78 is 0. The molecule has 16 heavy (non-hydrogen) atoms. The molecule has 4 heteroatoms. The first-order valence-corrected chi connectivity index (χ1v) is 5.71. The van der Waals surface area contributed by atoms with Gasteiger partial charge in [-0.15, -0.1) is 0 Å². The number of carbonyl (C=O) groups is 1. The highest BCUT2D eigenvalue weighted by Gasteiger charge is 2.25. The SMILES string of the molecule is C=C(CNC(C)(C)C)CN1CCN(C)C1=O. The minimum absolute atomic E-state index is 0.0920. The Morgan fingerprint density at radius 1 is 1.44 bits per heavy atom. The summed E-state index contributed by atoms with van der Waals surface area (Å²) in [4.78, 5) is 15.2. The van der Waals surface area contributed by atoms with Crippen LogP contribution in [0.5, 0.6) is 0 Å². The molecular formula is C12H23N3O. The number of carbonyl (C=O) groups excluding carboxylic acids is 1. The van der Waals surface area contributed by atoms with Crippen molar-refractivity contribution >= 4 is 6.03 Å². The summed E-state index contributed by atoms with van der Waals surface area (Å²) in [6.07, 6.45) is 0. The molecule has 0 unspecified atom stereocenters. The highest BCUT2D eigenvalue weighted by atomic mass is 16.2. The third kappa shape index (κ3) is 3.85. The smallest absolute Gasteiger partial charge is 0.320 e. The fourth-order valence-corrected chi connectivity index (χ4v) is 1.57. The van der Waals surface area contributed by atoms with E-state index in [0.717, 1.165) is 25.2 Å². The Bertz CT molecular complexity index is 280. The van der Waals surface area contributed by atoms with Crippen LogP contribution in [-0.2, 0) is 0 Å². The lowest BCUT2D eigenvalue weighted by Crippen LogP contribution is -2.39. The highest BCUT2D eigenvalue weighted by Crippen LogP contribution is 2.08. The summed E-state index contributed by atoms with van der Waals surface area (Å²) in [6.45, 7) is 13.4. The lowest BCUT2D eigenvalue weighted by atomic mass is 10.1. The van der Waals surface area contributed by atoms with Crippen molar-refractivity contribution in [3.63, 3.8) is 0 Å². The maximum absolute atomic E-state index is 11.6. The number of urea groups is 1. The average Bonchev–Trinajstić information content (AvgIpc) is 2.46. The first kappa shape index (κ1) is 13.0. The Balaban J connectivity index is 2.33. The molecule has 1 heterocycles. The van der Waals surface area contributed by atoms with Crippen molar-refractivity contribution in [2.75, 3.05) is 33.2 Å². The van der Waals surface area contributed by atoms with Gasteiger partial charge in [0.05, 0.1) is 0 Å². The van der Waals surface area contributed by atoms with Gasteiger partial charge in [-0.3, -0.25) is 0 Å². The lowest BCUT2D eigenvalue weighted by Gasteiger charge is -2.23. The van der Waals surface area contributed by atoms with E-state index < -0.39 is 0 Å². The van der Waals surface area contributed by atoms with E-state index in [0.29, 0.717) is 6.54 Å². The third-order valence-electron chi connectivity index (χ3n) is 2.59. The van der Waals surface area contributed by atoms with Gasteiger partial charge in [-0.25, -0.2) is 4.79 Å². The molecule has 1 aliphatic heterocycles. The van der Waals surface area contributed by atoms with E-state index in [1.165, 1.54) is 0 Å². The zero-order chi connectivity index (χ0) is 12.3. The van der Waals surface area contributed by atoms with Gasteiger partial charge in [-0.2, -0.15) is 0 Å². The van der Waals surface area contributed by atoms with Crippen molar-refractivity contribution in [1.29, 1.82) is 0 Å². The fourth-order valence-electron chi connectivity index (χ4n) is 1.57. The van der Waals surface area contributed by atoms with E-state index in [1.807, 2.05) is 11.9 Å². The van der Waals surface area contributed by atoms with Gasteiger partial charge in [0.1, 0.15) is 0 Å². The summed E-state index contributed by atoms with van der Waals surface area (Å²) in [5.41, 5.74) is 1.15. The molecule has 0 aromatic rings. The van der Waals surface area contributed by atoms with Gasteiger partial charge < -0.3 is 15.1 Å². The molecule has 2 amide bonds. The molecule has 1 saturated heterocycles. The predicted octanol–water partition coefficient (Wildman–Crippen LogP) is 1.30. The van der Waals surface area contributed by atoms with Crippen LogP contribution in [0.25, 0.3) is 0 Å². The lowest BCUT2D eigenvalue weighted by molar-refractivity contribution is 0.201. The number of likely N-dealkylation sites (N-methyl/N-ethyl adjacent to an activating group) is 1. The Kier molecular flexibility index (Phi) is 3.97. The molecule has 0 atom stereocenters. The molecule has 0 aromatic heterocycles. The summed E-state index contributed by atoms with van der Waals surface area (Å²) in [7, 11) is 1.83. The Hall–Kier alpha value is -1.03. The number of amides is 2. The van der Waals surface area contributed by atoms with Gasteiger partial charge in [-0.05, 0) is 26.3 Å². The molecule has 0 saturated carbocycles. The number of nitrogens with one attached hydrogen (secondary N) is 1. The largest absolute Gasteiger partial charge is 0.326 e. The molecule has 1 aliphatic rings. The van der Waals surface area contributed by atoms with Crippen LogP contribution in [0.4, 0.5) is 4.79 Å². The minimum Gasteiger partial charge on any atom is -0.326 e. The van der Waals surface area contributed by atoms with E-state index in [1.54, 1.807) is 4.90 Å². The van der Waals surface area contributed by atoms with Crippen LogP contribution in [0.2, 0.25) is 0 Å². The predicted molar refractivity (Wildman–Crippen MR) is 66.5 cm³/mol. The van der Waals surface area contributed by atoms with Crippen LogP contribution in [-0.4, -0.2) is 54.6 Å². The Labute approximate surface area is 98.3 Å².